The van der Waals surface area contributed by atoms with Crippen molar-refractivity contribution in [3.05, 3.63) is 29.8 Å². The van der Waals surface area contributed by atoms with Gasteiger partial charge in [-0.05, 0) is 49.4 Å². The predicted octanol–water partition coefficient (Wildman–Crippen LogP) is 3.47. The van der Waals surface area contributed by atoms with Crippen LogP contribution in [-0.2, 0) is 4.74 Å². The Morgan fingerprint density at radius 3 is 2.47 bits per heavy atom. The second-order valence-corrected chi connectivity index (χ2v) is 5.46. The fourth-order valence-electron chi connectivity index (χ4n) is 2.99. The molecule has 1 saturated carbocycles. The van der Waals surface area contributed by atoms with E-state index in [4.69, 9.17) is 9.47 Å². The molecule has 2 unspecified atom stereocenters. The first-order chi connectivity index (χ1) is 9.11. The molecular formula is C16H22O3. The Hall–Kier alpha value is -1.35. The van der Waals surface area contributed by atoms with Crippen LogP contribution in [-0.4, -0.2) is 25.6 Å². The molecule has 0 N–H and O–H groups in total. The zero-order valence-electron chi connectivity index (χ0n) is 11.9. The van der Waals surface area contributed by atoms with E-state index in [1.807, 2.05) is 24.3 Å². The highest BCUT2D eigenvalue weighted by Crippen LogP contribution is 2.37. The predicted molar refractivity (Wildman–Crippen MR) is 74.7 cm³/mol. The van der Waals surface area contributed by atoms with Crippen molar-refractivity contribution in [1.29, 1.82) is 0 Å². The molecule has 19 heavy (non-hydrogen) atoms. The van der Waals surface area contributed by atoms with Gasteiger partial charge in [-0.3, -0.25) is 4.79 Å². The summed E-state index contributed by atoms with van der Waals surface area (Å²) in [6, 6.07) is 7.29. The minimum Gasteiger partial charge on any atom is -0.497 e. The first kappa shape index (κ1) is 14.1. The third-order valence-corrected chi connectivity index (χ3v) is 4.11. The average Bonchev–Trinajstić information content (AvgIpc) is 2.46. The standard InChI is InChI=1S/C16H22O3/c1-12-5-4-10-16(11-12,19-3)15(17)13-6-8-14(18-2)9-7-13/h6-9,12H,4-5,10-11H2,1-3H3. The number of hydrogen-bond donors (Lipinski definition) is 0. The van der Waals surface area contributed by atoms with Crippen molar-refractivity contribution in [1.82, 2.24) is 0 Å². The van der Waals surface area contributed by atoms with Crippen LogP contribution >= 0.6 is 0 Å². The number of Topliss-reactive ketones (excluding diaryl/α,β-unsaturated/α-hetero) is 1. The SMILES string of the molecule is COc1ccc(C(=O)C2(OC)CCCC(C)C2)cc1. The van der Waals surface area contributed by atoms with Crippen molar-refractivity contribution in [2.45, 2.75) is 38.2 Å². The lowest BCUT2D eigenvalue weighted by Crippen LogP contribution is -2.44. The Kier molecular flexibility index (Phi) is 4.25. The maximum Gasteiger partial charge on any atom is 0.194 e. The van der Waals surface area contributed by atoms with Crippen LogP contribution in [0.4, 0.5) is 0 Å². The largest absolute Gasteiger partial charge is 0.497 e. The molecule has 3 heteroatoms. The second-order valence-electron chi connectivity index (χ2n) is 5.46. The van der Waals surface area contributed by atoms with Gasteiger partial charge in [-0.25, -0.2) is 0 Å². The van der Waals surface area contributed by atoms with E-state index in [-0.39, 0.29) is 5.78 Å². The van der Waals surface area contributed by atoms with Gasteiger partial charge < -0.3 is 9.47 Å². The molecule has 0 heterocycles. The monoisotopic (exact) mass is 262 g/mol. The van der Waals surface area contributed by atoms with Gasteiger partial charge in [0.25, 0.3) is 0 Å². The van der Waals surface area contributed by atoms with E-state index in [1.54, 1.807) is 14.2 Å². The highest BCUT2D eigenvalue weighted by atomic mass is 16.5. The second kappa shape index (κ2) is 5.74. The van der Waals surface area contributed by atoms with Crippen LogP contribution in [0.2, 0.25) is 0 Å². The molecule has 0 aliphatic heterocycles. The van der Waals surface area contributed by atoms with Crippen molar-refractivity contribution < 1.29 is 14.3 Å². The molecule has 0 spiro atoms. The molecule has 104 valence electrons. The average molecular weight is 262 g/mol. The van der Waals surface area contributed by atoms with Crippen LogP contribution in [0.1, 0.15) is 43.0 Å². The molecule has 0 aromatic heterocycles. The van der Waals surface area contributed by atoms with Gasteiger partial charge in [0.1, 0.15) is 11.4 Å². The topological polar surface area (TPSA) is 35.5 Å². The van der Waals surface area contributed by atoms with Crippen LogP contribution in [0.15, 0.2) is 24.3 Å². The van der Waals surface area contributed by atoms with E-state index in [2.05, 4.69) is 6.92 Å². The molecule has 2 atom stereocenters. The van der Waals surface area contributed by atoms with E-state index < -0.39 is 5.60 Å². The molecule has 1 aliphatic rings. The van der Waals surface area contributed by atoms with E-state index in [0.717, 1.165) is 25.0 Å². The van der Waals surface area contributed by atoms with Crippen LogP contribution in [0.3, 0.4) is 0 Å². The zero-order chi connectivity index (χ0) is 13.9. The fraction of sp³-hybridized carbons (Fsp3) is 0.562. The first-order valence-corrected chi connectivity index (χ1v) is 6.85. The maximum absolute atomic E-state index is 12.7. The zero-order valence-corrected chi connectivity index (χ0v) is 11.9. The lowest BCUT2D eigenvalue weighted by atomic mass is 9.75. The number of methoxy groups -OCH3 is 2. The van der Waals surface area contributed by atoms with Crippen LogP contribution in [0, 0.1) is 5.92 Å². The molecule has 2 rings (SSSR count). The summed E-state index contributed by atoms with van der Waals surface area (Å²) < 4.78 is 10.8. The highest BCUT2D eigenvalue weighted by molar-refractivity contribution is 6.02. The number of ketones is 1. The van der Waals surface area contributed by atoms with Gasteiger partial charge in [0.15, 0.2) is 5.78 Å². The van der Waals surface area contributed by atoms with Crippen molar-refractivity contribution in [2.24, 2.45) is 5.92 Å². The molecule has 1 fully saturated rings. The van der Waals surface area contributed by atoms with Gasteiger partial charge >= 0.3 is 0 Å². The Morgan fingerprint density at radius 1 is 1.26 bits per heavy atom. The van der Waals surface area contributed by atoms with Gasteiger partial charge in [-0.2, -0.15) is 0 Å². The Balaban J connectivity index is 2.24. The smallest absolute Gasteiger partial charge is 0.194 e. The number of carbonyl (C=O) groups excluding carboxylic acids is 1. The number of carbonyl (C=O) groups is 1. The van der Waals surface area contributed by atoms with Crippen molar-refractivity contribution in [3.8, 4) is 5.75 Å². The fourth-order valence-corrected chi connectivity index (χ4v) is 2.99. The lowest BCUT2D eigenvalue weighted by molar-refractivity contribution is -0.0302. The molecule has 0 amide bonds. The summed E-state index contributed by atoms with van der Waals surface area (Å²) in [5, 5.41) is 0. The number of rotatable bonds is 4. The third-order valence-electron chi connectivity index (χ3n) is 4.11. The Bertz CT molecular complexity index is 438. The number of hydrogen-bond acceptors (Lipinski definition) is 3. The van der Waals surface area contributed by atoms with Gasteiger partial charge in [-0.1, -0.05) is 13.3 Å². The highest BCUT2D eigenvalue weighted by Gasteiger charge is 2.42. The Labute approximate surface area is 114 Å². The summed E-state index contributed by atoms with van der Waals surface area (Å²) in [5.74, 6) is 1.40. The van der Waals surface area contributed by atoms with Crippen molar-refractivity contribution >= 4 is 5.78 Å². The third kappa shape index (κ3) is 2.81. The quantitative estimate of drug-likeness (QED) is 0.779. The molecule has 3 nitrogen and oxygen atoms in total. The molecule has 0 radical (unpaired) electrons. The maximum atomic E-state index is 12.7. The van der Waals surface area contributed by atoms with Gasteiger partial charge in [0, 0.05) is 12.7 Å². The van der Waals surface area contributed by atoms with E-state index in [0.29, 0.717) is 11.5 Å². The molecule has 1 aromatic rings. The Morgan fingerprint density at radius 2 is 1.95 bits per heavy atom. The summed E-state index contributed by atoms with van der Waals surface area (Å²) >= 11 is 0. The van der Waals surface area contributed by atoms with Crippen molar-refractivity contribution in [3.63, 3.8) is 0 Å². The number of benzene rings is 1. The molecule has 0 saturated heterocycles. The number of ether oxygens (including phenoxy) is 2. The minimum atomic E-state index is -0.633. The van der Waals surface area contributed by atoms with Gasteiger partial charge in [0.05, 0.1) is 7.11 Å². The molecule has 1 aromatic carbocycles. The first-order valence-electron chi connectivity index (χ1n) is 6.85. The van der Waals surface area contributed by atoms with E-state index >= 15 is 0 Å². The summed E-state index contributed by atoms with van der Waals surface area (Å²) in [6.45, 7) is 2.19. The summed E-state index contributed by atoms with van der Waals surface area (Å²) in [6.07, 6.45) is 3.87. The summed E-state index contributed by atoms with van der Waals surface area (Å²) in [4.78, 5) is 12.7. The van der Waals surface area contributed by atoms with Crippen LogP contribution in [0.5, 0.6) is 5.75 Å². The molecule has 1 aliphatic carbocycles. The van der Waals surface area contributed by atoms with E-state index in [1.165, 1.54) is 6.42 Å². The normalized spacial score (nSPS) is 27.0. The summed E-state index contributed by atoms with van der Waals surface area (Å²) in [7, 11) is 3.27. The molecule has 0 bridgehead atoms. The van der Waals surface area contributed by atoms with Crippen LogP contribution < -0.4 is 4.74 Å². The minimum absolute atomic E-state index is 0.101. The van der Waals surface area contributed by atoms with E-state index in [9.17, 15) is 4.79 Å². The van der Waals surface area contributed by atoms with Crippen molar-refractivity contribution in [2.75, 3.05) is 14.2 Å². The lowest BCUT2D eigenvalue weighted by Gasteiger charge is -2.37. The van der Waals surface area contributed by atoms with Crippen LogP contribution in [0.25, 0.3) is 0 Å². The summed E-state index contributed by atoms with van der Waals surface area (Å²) in [5.41, 5.74) is 0.0726. The van der Waals surface area contributed by atoms with Gasteiger partial charge in [-0.15, -0.1) is 0 Å². The molecular weight excluding hydrogens is 240 g/mol. The van der Waals surface area contributed by atoms with Gasteiger partial charge in [0.2, 0.25) is 0 Å².